The normalized spacial score (nSPS) is 12.8. The van der Waals surface area contributed by atoms with Gasteiger partial charge in [-0.3, -0.25) is 0 Å². The molecule has 2 aromatic carbocycles. The fraction of sp³-hybridized carbons (Fsp3) is 0.286. The van der Waals surface area contributed by atoms with Crippen LogP contribution in [0.2, 0.25) is 0 Å². The molecule has 0 amide bonds. The van der Waals surface area contributed by atoms with Gasteiger partial charge in [-0.2, -0.15) is 5.26 Å². The number of rotatable bonds is 3. The highest BCUT2D eigenvalue weighted by Gasteiger charge is 2.26. The Labute approximate surface area is 147 Å². The molecule has 25 heavy (non-hydrogen) atoms. The van der Waals surface area contributed by atoms with Crippen molar-refractivity contribution in [3.8, 4) is 28.7 Å². The number of hydrogen-bond acceptors (Lipinski definition) is 3. The van der Waals surface area contributed by atoms with Crippen molar-refractivity contribution in [1.29, 1.82) is 5.26 Å². The van der Waals surface area contributed by atoms with Gasteiger partial charge in [0.15, 0.2) is 11.6 Å². The maximum Gasteiger partial charge on any atom is 0.231 e. The van der Waals surface area contributed by atoms with Gasteiger partial charge >= 0.3 is 0 Å². The molecule has 3 nitrogen and oxygen atoms in total. The summed E-state index contributed by atoms with van der Waals surface area (Å²) in [6.07, 6.45) is 3.29. The number of ether oxygens (including phenoxy) is 2. The summed E-state index contributed by atoms with van der Waals surface area (Å²) in [5.41, 5.74) is 6.06. The lowest BCUT2D eigenvalue weighted by molar-refractivity contribution is 0.171. The van der Waals surface area contributed by atoms with Crippen LogP contribution in [0, 0.1) is 31.0 Å². The largest absolute Gasteiger partial charge is 0.453 e. The first-order valence-electron chi connectivity index (χ1n) is 8.24. The van der Waals surface area contributed by atoms with E-state index in [0.29, 0.717) is 5.75 Å². The van der Waals surface area contributed by atoms with Crippen molar-refractivity contribution >= 4 is 6.08 Å². The number of halogens is 1. The quantitative estimate of drug-likeness (QED) is 0.695. The van der Waals surface area contributed by atoms with E-state index in [0.717, 1.165) is 33.4 Å². The summed E-state index contributed by atoms with van der Waals surface area (Å²) in [7, 11) is 0. The summed E-state index contributed by atoms with van der Waals surface area (Å²) >= 11 is 0. The summed E-state index contributed by atoms with van der Waals surface area (Å²) in [6.45, 7) is 8.33. The second kappa shape index (κ2) is 6.60. The maximum absolute atomic E-state index is 14.0. The average molecular weight is 337 g/mol. The first-order chi connectivity index (χ1) is 12.0. The molecule has 128 valence electrons. The van der Waals surface area contributed by atoms with Crippen LogP contribution < -0.4 is 9.47 Å². The number of allylic oxidation sites excluding steroid dienone is 1. The summed E-state index contributed by atoms with van der Waals surface area (Å²) < 4.78 is 24.9. The lowest BCUT2D eigenvalue weighted by Crippen LogP contribution is -2.01. The molecule has 0 unspecified atom stereocenters. The Kier molecular flexibility index (Phi) is 4.50. The third-order valence-electron chi connectivity index (χ3n) is 4.61. The van der Waals surface area contributed by atoms with Crippen LogP contribution in [0.5, 0.6) is 11.5 Å². The SMILES string of the molecule is Cc1cc(C(C)C)c(C=CC#N)c(-c2ccc(F)c3c2OCO3)c1C. The average Bonchev–Trinajstić information content (AvgIpc) is 3.07. The fourth-order valence-corrected chi connectivity index (χ4v) is 3.25. The zero-order valence-corrected chi connectivity index (χ0v) is 14.8. The van der Waals surface area contributed by atoms with Crippen LogP contribution in [-0.4, -0.2) is 6.79 Å². The molecule has 0 atom stereocenters. The topological polar surface area (TPSA) is 42.2 Å². The van der Waals surface area contributed by atoms with E-state index >= 15 is 0 Å². The Morgan fingerprint density at radius 3 is 2.60 bits per heavy atom. The Bertz CT molecular complexity index is 907. The molecule has 1 aliphatic heterocycles. The second-order valence-corrected chi connectivity index (χ2v) is 6.47. The summed E-state index contributed by atoms with van der Waals surface area (Å²) in [5, 5.41) is 9.00. The van der Waals surface area contributed by atoms with Crippen molar-refractivity contribution in [2.75, 3.05) is 6.79 Å². The lowest BCUT2D eigenvalue weighted by Gasteiger charge is -2.21. The van der Waals surface area contributed by atoms with Crippen molar-refractivity contribution in [1.82, 2.24) is 0 Å². The number of hydrogen-bond donors (Lipinski definition) is 0. The van der Waals surface area contributed by atoms with E-state index in [1.54, 1.807) is 6.07 Å². The van der Waals surface area contributed by atoms with Crippen molar-refractivity contribution in [2.24, 2.45) is 0 Å². The van der Waals surface area contributed by atoms with E-state index in [2.05, 4.69) is 32.9 Å². The fourth-order valence-electron chi connectivity index (χ4n) is 3.25. The first kappa shape index (κ1) is 17.0. The van der Waals surface area contributed by atoms with Crippen LogP contribution in [-0.2, 0) is 0 Å². The van der Waals surface area contributed by atoms with Crippen molar-refractivity contribution in [3.05, 3.63) is 52.3 Å². The Morgan fingerprint density at radius 2 is 1.92 bits per heavy atom. The van der Waals surface area contributed by atoms with E-state index in [4.69, 9.17) is 14.7 Å². The number of benzene rings is 2. The minimum Gasteiger partial charge on any atom is -0.453 e. The van der Waals surface area contributed by atoms with E-state index < -0.39 is 5.82 Å². The predicted octanol–water partition coefficient (Wildman–Crippen LogP) is 5.50. The van der Waals surface area contributed by atoms with Crippen LogP contribution in [0.15, 0.2) is 24.3 Å². The van der Waals surface area contributed by atoms with Gasteiger partial charge in [-0.15, -0.1) is 0 Å². The van der Waals surface area contributed by atoms with Gasteiger partial charge in [-0.1, -0.05) is 19.9 Å². The van der Waals surface area contributed by atoms with Crippen LogP contribution in [0.1, 0.15) is 42.0 Å². The zero-order valence-electron chi connectivity index (χ0n) is 14.8. The molecule has 2 aromatic rings. The molecule has 0 N–H and O–H groups in total. The van der Waals surface area contributed by atoms with Gasteiger partial charge in [0.05, 0.1) is 6.07 Å². The number of fused-ring (bicyclic) bond motifs is 1. The molecular weight excluding hydrogens is 317 g/mol. The van der Waals surface area contributed by atoms with E-state index in [-0.39, 0.29) is 18.5 Å². The van der Waals surface area contributed by atoms with Crippen LogP contribution in [0.4, 0.5) is 4.39 Å². The Morgan fingerprint density at radius 1 is 1.20 bits per heavy atom. The monoisotopic (exact) mass is 337 g/mol. The third-order valence-corrected chi connectivity index (χ3v) is 4.61. The van der Waals surface area contributed by atoms with Crippen LogP contribution in [0.25, 0.3) is 17.2 Å². The molecule has 4 heteroatoms. The molecular formula is C21H20FNO2. The molecule has 1 heterocycles. The van der Waals surface area contributed by atoms with Gasteiger partial charge in [0.2, 0.25) is 12.5 Å². The zero-order chi connectivity index (χ0) is 18.1. The molecule has 0 saturated carbocycles. The molecule has 0 spiro atoms. The minimum atomic E-state index is -0.431. The molecule has 0 radical (unpaired) electrons. The van der Waals surface area contributed by atoms with Crippen LogP contribution >= 0.6 is 0 Å². The molecule has 0 saturated heterocycles. The highest BCUT2D eigenvalue weighted by molar-refractivity contribution is 5.86. The molecule has 0 bridgehead atoms. The van der Waals surface area contributed by atoms with Gasteiger partial charge in [0.25, 0.3) is 0 Å². The Balaban J connectivity index is 2.39. The van der Waals surface area contributed by atoms with Crippen molar-refractivity contribution in [2.45, 2.75) is 33.6 Å². The van der Waals surface area contributed by atoms with E-state index in [1.807, 2.05) is 13.0 Å². The van der Waals surface area contributed by atoms with Gasteiger partial charge in [-0.25, -0.2) is 4.39 Å². The summed E-state index contributed by atoms with van der Waals surface area (Å²) in [5.74, 6) is 0.427. The van der Waals surface area contributed by atoms with Gasteiger partial charge in [-0.05, 0) is 65.8 Å². The maximum atomic E-state index is 14.0. The standard InChI is InChI=1S/C21H20FNO2/c1-12(2)17-10-13(3)14(4)19(15(17)6-5-9-23)16-7-8-18(22)21-20(16)24-11-25-21/h5-8,10,12H,11H2,1-4H3. The molecule has 0 aliphatic carbocycles. The van der Waals surface area contributed by atoms with Crippen molar-refractivity contribution < 1.29 is 13.9 Å². The predicted molar refractivity (Wildman–Crippen MR) is 96.2 cm³/mol. The van der Waals surface area contributed by atoms with Crippen molar-refractivity contribution in [3.63, 3.8) is 0 Å². The van der Waals surface area contributed by atoms with Gasteiger partial charge < -0.3 is 9.47 Å². The smallest absolute Gasteiger partial charge is 0.231 e. The lowest BCUT2D eigenvalue weighted by atomic mass is 9.84. The Hall–Kier alpha value is -2.80. The van der Waals surface area contributed by atoms with E-state index in [9.17, 15) is 4.39 Å². The highest BCUT2D eigenvalue weighted by Crippen LogP contribution is 2.46. The third kappa shape index (κ3) is 2.87. The summed E-state index contributed by atoms with van der Waals surface area (Å²) in [4.78, 5) is 0. The van der Waals surface area contributed by atoms with Crippen LogP contribution in [0.3, 0.4) is 0 Å². The minimum absolute atomic E-state index is 0.00847. The highest BCUT2D eigenvalue weighted by atomic mass is 19.1. The van der Waals surface area contributed by atoms with Gasteiger partial charge in [0, 0.05) is 11.6 Å². The van der Waals surface area contributed by atoms with E-state index in [1.165, 1.54) is 12.1 Å². The molecule has 0 aromatic heterocycles. The number of nitriles is 1. The van der Waals surface area contributed by atoms with Gasteiger partial charge in [0.1, 0.15) is 0 Å². The molecule has 0 fully saturated rings. The molecule has 1 aliphatic rings. The number of aryl methyl sites for hydroxylation is 1. The first-order valence-corrected chi connectivity index (χ1v) is 8.24. The second-order valence-electron chi connectivity index (χ2n) is 6.47. The summed E-state index contributed by atoms with van der Waals surface area (Å²) in [6, 6.07) is 7.34. The molecule has 3 rings (SSSR count). The number of nitrogens with zero attached hydrogens (tertiary/aromatic N) is 1.